The Kier molecular flexibility index (Phi) is 36.7. The first-order valence-electron chi connectivity index (χ1n) is 55.7. The fraction of sp³-hybridized carbons (Fsp3) is 0.533. The van der Waals surface area contributed by atoms with Crippen molar-refractivity contribution >= 4 is 137 Å². The quantitative estimate of drug-likeness (QED) is 0.0339. The minimum absolute atomic E-state index is 0.0679. The van der Waals surface area contributed by atoms with Gasteiger partial charge in [-0.1, -0.05) is 262 Å². The zero-order valence-corrected chi connectivity index (χ0v) is 96.3. The lowest BCUT2D eigenvalue weighted by molar-refractivity contribution is 0.208. The Balaban J connectivity index is 1.18. The Morgan fingerprint density at radius 1 is 0.268 bits per heavy atom. The molecule has 0 aliphatic carbocycles. The maximum Gasteiger partial charge on any atom is 0.184 e. The van der Waals surface area contributed by atoms with E-state index in [1.54, 1.807) is 47.0 Å². The summed E-state index contributed by atoms with van der Waals surface area (Å²) in [6.07, 6.45) is 5.70. The maximum atomic E-state index is 15.4. The number of fused-ring (bicyclic) bond motifs is 28. The highest BCUT2D eigenvalue weighted by atomic mass is 32.2. The summed E-state index contributed by atoms with van der Waals surface area (Å²) in [5.41, 5.74) is 10.6. The van der Waals surface area contributed by atoms with Gasteiger partial charge in [0.15, 0.2) is 57.6 Å². The number of hydrogen-bond donors (Lipinski definition) is 2. The summed E-state index contributed by atoms with van der Waals surface area (Å²) in [5.74, 6) is 7.31. The Morgan fingerprint density at radius 3 is 0.765 bits per heavy atom. The summed E-state index contributed by atoms with van der Waals surface area (Å²) in [5, 5.41) is 17.6. The number of aromatic amines is 1. The molecule has 0 amide bonds. The molecule has 6 aliphatic heterocycles. The third-order valence-corrected chi connectivity index (χ3v) is 33.9. The van der Waals surface area contributed by atoms with Gasteiger partial charge in [0.25, 0.3) is 0 Å². The van der Waals surface area contributed by atoms with Crippen molar-refractivity contribution in [1.29, 1.82) is 0 Å². The molecule has 8 aromatic carbocycles. The number of anilines is 8. The van der Waals surface area contributed by atoms with Gasteiger partial charge in [-0.15, -0.1) is 4.73 Å². The molecule has 149 heavy (non-hydrogen) atoms. The fourth-order valence-electron chi connectivity index (χ4n) is 20.2. The molecule has 0 fully saturated rings. The lowest BCUT2D eigenvalue weighted by atomic mass is 10.0. The van der Waals surface area contributed by atoms with E-state index in [1.165, 1.54) is 4.73 Å². The Morgan fingerprint density at radius 2 is 0.483 bits per heavy atom. The van der Waals surface area contributed by atoms with Crippen LogP contribution in [-0.2, 0) is 0 Å². The predicted octanol–water partition coefficient (Wildman–Crippen LogP) is 29.8. The molecule has 0 saturated heterocycles. The summed E-state index contributed by atoms with van der Waals surface area (Å²) < 4.78 is 64.5. The first kappa shape index (κ1) is 110. The molecule has 29 heteroatoms. The van der Waals surface area contributed by atoms with E-state index >= 15 is 5.21 Å². The largest absolute Gasteiger partial charge is 0.492 e. The SMILES string of the molecule is CCN(CC)CCN1c2ccccc2Sc2c(OCCC(C)C)c3c(c(OCCC(C)C)c21)-c1nc-3nc2c3c(OCCC(C)C)c4c(c(OCCC(C)C)c3c(nc3nc(nc5[nH]c(n1)c1c(OCCC(C)C)c6c(c(OCCC(C)C)c51)N(CCN(CC)CC)c1ccccc1S6)-c1c(OCCC(C)C)c5c(c(OCCC(C)C)c1-3)N(CCN(CC)CC)c1ccccc1S5)n2O)Sc1ccccc1N4CCN(CC)CC. The van der Waals surface area contributed by atoms with E-state index in [0.29, 0.717) is 219 Å². The van der Waals surface area contributed by atoms with Crippen LogP contribution in [0.5, 0.6) is 46.0 Å². The summed E-state index contributed by atoms with van der Waals surface area (Å²) in [7, 11) is 0. The molecular weight excluding hydrogens is 1940 g/mol. The number of H-pyrrole nitrogens is 1. The summed E-state index contributed by atoms with van der Waals surface area (Å²) >= 11 is 6.72. The topological polar surface area (TPSA) is 218 Å². The zero-order valence-electron chi connectivity index (χ0n) is 93.0. The third-order valence-electron chi connectivity index (χ3n) is 29.3. The van der Waals surface area contributed by atoms with Gasteiger partial charge >= 0.3 is 0 Å². The van der Waals surface area contributed by atoms with Crippen LogP contribution < -0.4 is 57.5 Å². The van der Waals surface area contributed by atoms with Crippen molar-refractivity contribution in [2.45, 2.75) is 257 Å². The minimum atomic E-state index is 0.0679. The van der Waals surface area contributed by atoms with Gasteiger partial charge < -0.3 is 87.3 Å². The Labute approximate surface area is 902 Å². The molecule has 11 aromatic rings. The van der Waals surface area contributed by atoms with Crippen molar-refractivity contribution in [3.63, 3.8) is 0 Å². The second kappa shape index (κ2) is 49.7. The molecule has 25 nitrogen and oxygen atoms in total. The summed E-state index contributed by atoms with van der Waals surface area (Å²) in [6.45, 7) is 68.6. The van der Waals surface area contributed by atoms with E-state index in [4.69, 9.17) is 67.8 Å². The molecule has 17 rings (SSSR count). The molecular formula is C120H162N16O9S4. The first-order chi connectivity index (χ1) is 72.1. The van der Waals surface area contributed by atoms with Crippen LogP contribution in [0.3, 0.4) is 0 Å². The smallest absolute Gasteiger partial charge is 0.184 e. The van der Waals surface area contributed by atoms with Crippen LogP contribution >= 0.6 is 47.0 Å². The van der Waals surface area contributed by atoms with Crippen LogP contribution in [0, 0.1) is 47.3 Å². The second-order valence-electron chi connectivity index (χ2n) is 43.3. The monoisotopic (exact) mass is 2100 g/mol. The first-order valence-corrected chi connectivity index (χ1v) is 59.0. The number of para-hydroxylation sites is 4. The number of benzene rings is 8. The van der Waals surface area contributed by atoms with Crippen LogP contribution in [0.15, 0.2) is 136 Å². The second-order valence-corrected chi connectivity index (χ2v) is 47.5. The van der Waals surface area contributed by atoms with Crippen LogP contribution in [0.4, 0.5) is 45.5 Å². The number of nitrogens with one attached hydrogen (secondary N) is 1. The van der Waals surface area contributed by atoms with E-state index in [0.717, 1.165) is 176 Å². The van der Waals surface area contributed by atoms with Gasteiger partial charge in [-0.2, -0.15) is 0 Å². The highest BCUT2D eigenvalue weighted by Crippen LogP contribution is 2.68. The normalized spacial score (nSPS) is 13.5. The van der Waals surface area contributed by atoms with E-state index in [-0.39, 0.29) is 81.9 Å². The highest BCUT2D eigenvalue weighted by molar-refractivity contribution is 8.00. The number of hydrogen-bond acceptors (Lipinski definition) is 27. The van der Waals surface area contributed by atoms with Gasteiger partial charge in [0, 0.05) is 71.9 Å². The molecule has 0 saturated carbocycles. The van der Waals surface area contributed by atoms with Crippen LogP contribution in [0.1, 0.15) is 218 Å². The van der Waals surface area contributed by atoms with E-state index in [2.05, 4.69) is 307 Å². The van der Waals surface area contributed by atoms with Crippen molar-refractivity contribution in [2.24, 2.45) is 47.3 Å². The van der Waals surface area contributed by atoms with Gasteiger partial charge in [-0.05, 0) is 200 Å². The molecule has 2 N–H and O–H groups in total. The van der Waals surface area contributed by atoms with E-state index in [1.807, 2.05) is 0 Å². The molecule has 0 atom stereocenters. The average Bonchev–Trinajstić information content (AvgIpc) is 1.57. The summed E-state index contributed by atoms with van der Waals surface area (Å²) in [6, 6.07) is 35.0. The number of aromatic nitrogens is 8. The number of likely N-dealkylation sites (N-methyl/N-ethyl adjacent to an activating group) is 4. The number of rotatable bonds is 52. The van der Waals surface area contributed by atoms with Crippen molar-refractivity contribution in [2.75, 3.05) is 177 Å². The van der Waals surface area contributed by atoms with Crippen LogP contribution in [0.2, 0.25) is 0 Å². The van der Waals surface area contributed by atoms with Gasteiger partial charge in [0.1, 0.15) is 57.0 Å². The number of ether oxygens (including phenoxy) is 8. The summed E-state index contributed by atoms with van der Waals surface area (Å²) in [4.78, 5) is 69.3. The lowest BCUT2D eigenvalue weighted by Gasteiger charge is -2.37. The third kappa shape index (κ3) is 23.3. The van der Waals surface area contributed by atoms with Gasteiger partial charge in [-0.25, -0.2) is 29.9 Å². The molecule has 8 bridgehead atoms. The van der Waals surface area contributed by atoms with E-state index in [9.17, 15) is 0 Å². The van der Waals surface area contributed by atoms with Crippen molar-refractivity contribution in [3.05, 3.63) is 97.1 Å². The van der Waals surface area contributed by atoms with E-state index < -0.39 is 0 Å². The van der Waals surface area contributed by atoms with Crippen molar-refractivity contribution in [1.82, 2.24) is 59.2 Å². The molecule has 0 unspecified atom stereocenters. The predicted molar refractivity (Wildman–Crippen MR) is 618 cm³/mol. The molecule has 6 aliphatic rings. The minimum Gasteiger partial charge on any atom is -0.492 e. The van der Waals surface area contributed by atoms with Crippen LogP contribution in [0.25, 0.3) is 89.7 Å². The Bertz CT molecular complexity index is 6730. The maximum absolute atomic E-state index is 15.4. The van der Waals surface area contributed by atoms with Crippen LogP contribution in [-0.4, -0.2) is 222 Å². The molecule has 800 valence electrons. The van der Waals surface area contributed by atoms with Gasteiger partial charge in [0.2, 0.25) is 0 Å². The zero-order chi connectivity index (χ0) is 105. The average molecular weight is 2100 g/mol. The standard InChI is InChI=1S/C120H162N16O9S4/c1-25-128(26-2)57-61-132-81-41-33-37-45-85(81)146-109-97(132)101(138-65-49-73(9)10)89-92(105(109)142-69-53-77(17)18)115-121-113(89)122-116-93-91(103(140-67-51-75(13)14)99-110(106(93)143-70-54-78(19)20)147-86-46-38-35-43-83(86)134(99)63-59-130(29-5)30-6)117(125-116)126-120-96-95(104(141-68-52-76(15)16)100-112(108(96)145-72-56-80(23)24)149-88-48-40-36-44-84(88)135(100)64-60-131(31-7)32-8)119(136(120)137)127-118-94-90(114(123-115)124-118)102(139-66-50-74(11)12)98-111(107(94)144-71-55-79(21)22)148-87-47-39-34-42-82(87)133(98)62-58-129(27-3)28-4/h33-48,73-80,137H,25-32,49-72H2,1-24H3,(H,121,122,123,124,125,126,127). The molecule has 0 radical (unpaired) electrons. The molecule has 0 spiro atoms. The molecule has 9 heterocycles. The van der Waals surface area contributed by atoms with Gasteiger partial charge in [-0.3, -0.25) is 0 Å². The van der Waals surface area contributed by atoms with Crippen molar-refractivity contribution in [3.8, 4) is 91.5 Å². The Hall–Kier alpha value is -10.2. The molecule has 3 aromatic heterocycles. The lowest BCUT2D eigenvalue weighted by Crippen LogP contribution is -2.34. The highest BCUT2D eigenvalue weighted by Gasteiger charge is 2.46. The van der Waals surface area contributed by atoms with Gasteiger partial charge in [0.05, 0.1) is 139 Å². The fourth-order valence-corrected chi connectivity index (χ4v) is 25.0. The number of nitrogens with zero attached hydrogens (tertiary/aromatic N) is 15. The van der Waals surface area contributed by atoms with Crippen molar-refractivity contribution < 1.29 is 43.1 Å².